The number of hydrogen-bond donors (Lipinski definition) is 1. The van der Waals surface area contributed by atoms with Gasteiger partial charge >= 0.3 is 0 Å². The Bertz CT molecular complexity index is 105. The van der Waals surface area contributed by atoms with Crippen LogP contribution in [-0.2, 0) is 4.79 Å². The minimum absolute atomic E-state index is 0.198. The van der Waals surface area contributed by atoms with Crippen molar-refractivity contribution in [3.8, 4) is 0 Å². The van der Waals surface area contributed by atoms with Crippen molar-refractivity contribution in [2.45, 2.75) is 19.8 Å². The minimum Gasteiger partial charge on any atom is -0.396 e. The summed E-state index contributed by atoms with van der Waals surface area (Å²) >= 11 is 0. The van der Waals surface area contributed by atoms with E-state index in [0.29, 0.717) is 0 Å². The van der Waals surface area contributed by atoms with Crippen LogP contribution in [0.4, 0.5) is 0 Å². The molecule has 0 saturated carbocycles. The molecule has 0 amide bonds. The van der Waals surface area contributed by atoms with Gasteiger partial charge in [-0.05, 0) is 25.8 Å². The summed E-state index contributed by atoms with van der Waals surface area (Å²) in [6, 6.07) is 0. The standard InChI is InChI=1S/C7H12O2/c1-7(4-6-9)3-2-5-8/h4,6,8H,2-3,5H2,1H3. The lowest BCUT2D eigenvalue weighted by Crippen LogP contribution is -1.83. The van der Waals surface area contributed by atoms with E-state index in [1.165, 1.54) is 6.08 Å². The molecule has 0 spiro atoms. The fourth-order valence-corrected chi connectivity index (χ4v) is 0.557. The first-order valence-electron chi connectivity index (χ1n) is 3.03. The van der Waals surface area contributed by atoms with Gasteiger partial charge in [-0.2, -0.15) is 0 Å². The van der Waals surface area contributed by atoms with Crippen LogP contribution in [0.15, 0.2) is 11.6 Å². The lowest BCUT2D eigenvalue weighted by Gasteiger charge is -1.93. The van der Waals surface area contributed by atoms with Crippen molar-refractivity contribution in [2.75, 3.05) is 6.61 Å². The molecule has 0 aromatic rings. The summed E-state index contributed by atoms with van der Waals surface area (Å²) < 4.78 is 0. The van der Waals surface area contributed by atoms with E-state index in [0.717, 1.165) is 24.7 Å². The third-order valence-electron chi connectivity index (χ3n) is 1.08. The number of rotatable bonds is 4. The molecule has 0 atom stereocenters. The Hall–Kier alpha value is -0.630. The molecule has 52 valence electrons. The summed E-state index contributed by atoms with van der Waals surface area (Å²) in [5.74, 6) is 0. The van der Waals surface area contributed by atoms with E-state index >= 15 is 0 Å². The first kappa shape index (κ1) is 8.37. The highest BCUT2D eigenvalue weighted by molar-refractivity contribution is 5.65. The maximum Gasteiger partial charge on any atom is 0.142 e. The second-order valence-electron chi connectivity index (χ2n) is 1.98. The number of aliphatic hydroxyl groups excluding tert-OH is 1. The Kier molecular flexibility index (Phi) is 5.12. The maximum atomic E-state index is 9.84. The third-order valence-corrected chi connectivity index (χ3v) is 1.08. The molecule has 0 aromatic heterocycles. The highest BCUT2D eigenvalue weighted by Crippen LogP contribution is 2.00. The van der Waals surface area contributed by atoms with Crippen molar-refractivity contribution < 1.29 is 9.90 Å². The average molecular weight is 128 g/mol. The van der Waals surface area contributed by atoms with Gasteiger partial charge in [0.25, 0.3) is 0 Å². The Morgan fingerprint density at radius 1 is 1.67 bits per heavy atom. The van der Waals surface area contributed by atoms with Crippen molar-refractivity contribution in [1.29, 1.82) is 0 Å². The first-order chi connectivity index (χ1) is 4.31. The minimum atomic E-state index is 0.198. The lowest BCUT2D eigenvalue weighted by molar-refractivity contribution is -0.104. The SMILES string of the molecule is CC(=CC=O)CCCO. The summed E-state index contributed by atoms with van der Waals surface area (Å²) in [7, 11) is 0. The molecule has 0 radical (unpaired) electrons. The van der Waals surface area contributed by atoms with Crippen LogP contribution in [0.5, 0.6) is 0 Å². The third kappa shape index (κ3) is 5.24. The molecular weight excluding hydrogens is 116 g/mol. The van der Waals surface area contributed by atoms with Gasteiger partial charge in [-0.15, -0.1) is 0 Å². The Labute approximate surface area is 55.2 Å². The highest BCUT2D eigenvalue weighted by atomic mass is 16.2. The van der Waals surface area contributed by atoms with E-state index in [2.05, 4.69) is 0 Å². The Balaban J connectivity index is 3.36. The van der Waals surface area contributed by atoms with Crippen molar-refractivity contribution in [1.82, 2.24) is 0 Å². The van der Waals surface area contributed by atoms with E-state index in [9.17, 15) is 4.79 Å². The van der Waals surface area contributed by atoms with Crippen molar-refractivity contribution in [2.24, 2.45) is 0 Å². The van der Waals surface area contributed by atoms with Crippen LogP contribution in [-0.4, -0.2) is 18.0 Å². The van der Waals surface area contributed by atoms with Gasteiger partial charge < -0.3 is 5.11 Å². The molecule has 2 nitrogen and oxygen atoms in total. The smallest absolute Gasteiger partial charge is 0.142 e. The molecule has 0 unspecified atom stereocenters. The highest BCUT2D eigenvalue weighted by Gasteiger charge is 1.86. The zero-order valence-corrected chi connectivity index (χ0v) is 5.63. The van der Waals surface area contributed by atoms with Crippen molar-refractivity contribution >= 4 is 6.29 Å². The molecule has 0 bridgehead atoms. The normalized spacial score (nSPS) is 11.6. The number of hydrogen-bond acceptors (Lipinski definition) is 2. The molecule has 0 aliphatic heterocycles. The van der Waals surface area contributed by atoms with E-state index < -0.39 is 0 Å². The molecule has 0 aliphatic carbocycles. The van der Waals surface area contributed by atoms with Gasteiger partial charge in [0.2, 0.25) is 0 Å². The monoisotopic (exact) mass is 128 g/mol. The fraction of sp³-hybridized carbons (Fsp3) is 0.571. The predicted octanol–water partition coefficient (Wildman–Crippen LogP) is 0.904. The van der Waals surface area contributed by atoms with Gasteiger partial charge in [0, 0.05) is 6.61 Å². The van der Waals surface area contributed by atoms with Crippen LogP contribution in [0.25, 0.3) is 0 Å². The molecular formula is C7H12O2. The summed E-state index contributed by atoms with van der Waals surface area (Å²) in [5.41, 5.74) is 1.03. The largest absolute Gasteiger partial charge is 0.396 e. The first-order valence-corrected chi connectivity index (χ1v) is 3.03. The number of aldehydes is 1. The maximum absolute atomic E-state index is 9.84. The number of allylic oxidation sites excluding steroid dienone is 2. The van der Waals surface area contributed by atoms with E-state index in [-0.39, 0.29) is 6.61 Å². The van der Waals surface area contributed by atoms with Crippen LogP contribution in [0, 0.1) is 0 Å². The summed E-state index contributed by atoms with van der Waals surface area (Å²) in [5, 5.41) is 8.37. The summed E-state index contributed by atoms with van der Waals surface area (Å²) in [6.45, 7) is 2.08. The van der Waals surface area contributed by atoms with Crippen LogP contribution < -0.4 is 0 Å². The zero-order chi connectivity index (χ0) is 7.11. The van der Waals surface area contributed by atoms with Gasteiger partial charge in [0.1, 0.15) is 6.29 Å². The van der Waals surface area contributed by atoms with E-state index in [1.807, 2.05) is 6.92 Å². The molecule has 0 fully saturated rings. The van der Waals surface area contributed by atoms with Crippen molar-refractivity contribution in [3.63, 3.8) is 0 Å². The zero-order valence-electron chi connectivity index (χ0n) is 5.63. The van der Waals surface area contributed by atoms with Crippen LogP contribution in [0.2, 0.25) is 0 Å². The molecule has 0 aliphatic rings. The van der Waals surface area contributed by atoms with Crippen LogP contribution >= 0.6 is 0 Å². The van der Waals surface area contributed by atoms with Gasteiger partial charge in [-0.25, -0.2) is 0 Å². The van der Waals surface area contributed by atoms with Gasteiger partial charge in [0.05, 0.1) is 0 Å². The van der Waals surface area contributed by atoms with Crippen molar-refractivity contribution in [3.05, 3.63) is 11.6 Å². The number of aliphatic hydroxyl groups is 1. The second kappa shape index (κ2) is 5.51. The molecule has 1 N–H and O–H groups in total. The van der Waals surface area contributed by atoms with Crippen LogP contribution in [0.3, 0.4) is 0 Å². The Morgan fingerprint density at radius 3 is 2.78 bits per heavy atom. The van der Waals surface area contributed by atoms with Gasteiger partial charge in [-0.1, -0.05) is 5.57 Å². The predicted molar refractivity (Wildman–Crippen MR) is 36.1 cm³/mol. The van der Waals surface area contributed by atoms with E-state index in [4.69, 9.17) is 5.11 Å². The average Bonchev–Trinajstić information content (AvgIpc) is 1.85. The summed E-state index contributed by atoms with van der Waals surface area (Å²) in [6.07, 6.45) is 3.85. The molecule has 0 aromatic carbocycles. The van der Waals surface area contributed by atoms with Gasteiger partial charge in [0.15, 0.2) is 0 Å². The second-order valence-corrected chi connectivity index (χ2v) is 1.98. The molecule has 0 saturated heterocycles. The molecule has 0 heterocycles. The number of carbonyl (C=O) groups is 1. The Morgan fingerprint density at radius 2 is 2.33 bits per heavy atom. The molecule has 0 rings (SSSR count). The van der Waals surface area contributed by atoms with E-state index in [1.54, 1.807) is 0 Å². The summed E-state index contributed by atoms with van der Waals surface area (Å²) in [4.78, 5) is 9.84. The molecule has 2 heteroatoms. The van der Waals surface area contributed by atoms with Gasteiger partial charge in [-0.3, -0.25) is 4.79 Å². The lowest BCUT2D eigenvalue weighted by atomic mass is 10.2. The fourth-order valence-electron chi connectivity index (χ4n) is 0.557. The molecule has 9 heavy (non-hydrogen) atoms. The number of carbonyl (C=O) groups excluding carboxylic acids is 1. The topological polar surface area (TPSA) is 37.3 Å². The quantitative estimate of drug-likeness (QED) is 0.451. The van der Waals surface area contributed by atoms with Crippen LogP contribution in [0.1, 0.15) is 19.8 Å².